The van der Waals surface area contributed by atoms with Gasteiger partial charge in [-0.25, -0.2) is 13.4 Å². The lowest BCUT2D eigenvalue weighted by Gasteiger charge is -2.05. The summed E-state index contributed by atoms with van der Waals surface area (Å²) < 4.78 is 28.5. The van der Waals surface area contributed by atoms with Crippen LogP contribution < -0.4 is 10.0 Å². The van der Waals surface area contributed by atoms with Crippen molar-refractivity contribution < 1.29 is 8.42 Å². The van der Waals surface area contributed by atoms with Gasteiger partial charge in [0.1, 0.15) is 10.7 Å². The van der Waals surface area contributed by atoms with Crippen LogP contribution in [0.5, 0.6) is 0 Å². The SMILES string of the molecule is CCNCCn1cc(S(=O)(=O)Nc2cccc(C)n2)cn1. The smallest absolute Gasteiger partial charge is 0.266 e. The van der Waals surface area contributed by atoms with E-state index in [1.165, 1.54) is 12.4 Å². The quantitative estimate of drug-likeness (QED) is 0.745. The minimum atomic E-state index is -3.66. The summed E-state index contributed by atoms with van der Waals surface area (Å²) >= 11 is 0. The third kappa shape index (κ3) is 4.27. The fourth-order valence-corrected chi connectivity index (χ4v) is 2.73. The second-order valence-electron chi connectivity index (χ2n) is 4.56. The Balaban J connectivity index is 2.09. The summed E-state index contributed by atoms with van der Waals surface area (Å²) in [5.74, 6) is 0.301. The number of nitrogens with one attached hydrogen (secondary N) is 2. The lowest BCUT2D eigenvalue weighted by atomic mass is 10.4. The van der Waals surface area contributed by atoms with E-state index in [4.69, 9.17) is 0 Å². The van der Waals surface area contributed by atoms with Crippen LogP contribution in [0.4, 0.5) is 5.82 Å². The highest BCUT2D eigenvalue weighted by Crippen LogP contribution is 2.13. The first kappa shape index (κ1) is 15.5. The molecule has 2 heterocycles. The summed E-state index contributed by atoms with van der Waals surface area (Å²) in [6, 6.07) is 5.16. The number of nitrogens with zero attached hydrogens (tertiary/aromatic N) is 3. The molecule has 7 nitrogen and oxygen atoms in total. The number of aromatic nitrogens is 3. The first-order valence-corrected chi connectivity index (χ1v) is 8.19. The van der Waals surface area contributed by atoms with Gasteiger partial charge in [-0.3, -0.25) is 9.40 Å². The Labute approximate surface area is 124 Å². The molecule has 0 saturated heterocycles. The first-order chi connectivity index (χ1) is 10.0. The number of aryl methyl sites for hydroxylation is 1. The van der Waals surface area contributed by atoms with Crippen molar-refractivity contribution in [3.05, 3.63) is 36.3 Å². The number of sulfonamides is 1. The Kier molecular flexibility index (Phi) is 4.92. The zero-order chi connectivity index (χ0) is 15.3. The number of hydrogen-bond acceptors (Lipinski definition) is 5. The molecule has 0 atom stereocenters. The second-order valence-corrected chi connectivity index (χ2v) is 6.24. The molecular weight excluding hydrogens is 290 g/mol. The van der Waals surface area contributed by atoms with Gasteiger partial charge in [-0.05, 0) is 25.6 Å². The highest BCUT2D eigenvalue weighted by Gasteiger charge is 2.17. The molecule has 2 aromatic rings. The maximum Gasteiger partial charge on any atom is 0.266 e. The Morgan fingerprint density at radius 1 is 1.33 bits per heavy atom. The van der Waals surface area contributed by atoms with Crippen molar-refractivity contribution in [2.75, 3.05) is 17.8 Å². The minimum absolute atomic E-state index is 0.127. The molecule has 0 amide bonds. The molecule has 21 heavy (non-hydrogen) atoms. The third-order valence-corrected chi connectivity index (χ3v) is 4.12. The Morgan fingerprint density at radius 2 is 2.14 bits per heavy atom. The summed E-state index contributed by atoms with van der Waals surface area (Å²) in [5, 5.41) is 7.21. The zero-order valence-corrected chi connectivity index (χ0v) is 12.9. The minimum Gasteiger partial charge on any atom is -0.315 e. The molecule has 0 spiro atoms. The second kappa shape index (κ2) is 6.68. The molecule has 0 aliphatic heterocycles. The van der Waals surface area contributed by atoms with Crippen LogP contribution in [0.15, 0.2) is 35.5 Å². The number of pyridine rings is 1. The number of likely N-dealkylation sites (N-methyl/N-ethyl adjacent to an activating group) is 1. The zero-order valence-electron chi connectivity index (χ0n) is 12.1. The number of hydrogen-bond donors (Lipinski definition) is 2. The van der Waals surface area contributed by atoms with Gasteiger partial charge in [0.2, 0.25) is 0 Å². The van der Waals surface area contributed by atoms with E-state index in [1.54, 1.807) is 29.8 Å². The Hall–Kier alpha value is -1.93. The lowest BCUT2D eigenvalue weighted by Crippen LogP contribution is -2.19. The number of anilines is 1. The van der Waals surface area contributed by atoms with Crippen molar-refractivity contribution in [2.45, 2.75) is 25.3 Å². The van der Waals surface area contributed by atoms with Crippen LogP contribution >= 0.6 is 0 Å². The van der Waals surface area contributed by atoms with Crippen molar-refractivity contribution in [3.63, 3.8) is 0 Å². The average Bonchev–Trinajstić information content (AvgIpc) is 2.88. The molecule has 2 rings (SSSR count). The van der Waals surface area contributed by atoms with E-state index in [-0.39, 0.29) is 4.90 Å². The van der Waals surface area contributed by atoms with Gasteiger partial charge in [0.05, 0.1) is 12.7 Å². The van der Waals surface area contributed by atoms with E-state index >= 15 is 0 Å². The van der Waals surface area contributed by atoms with Crippen molar-refractivity contribution in [2.24, 2.45) is 0 Å². The van der Waals surface area contributed by atoms with Gasteiger partial charge in [0, 0.05) is 18.4 Å². The van der Waals surface area contributed by atoms with Crippen molar-refractivity contribution in [3.8, 4) is 0 Å². The molecule has 0 saturated carbocycles. The normalized spacial score (nSPS) is 11.5. The van der Waals surface area contributed by atoms with Crippen LogP contribution in [0.3, 0.4) is 0 Å². The van der Waals surface area contributed by atoms with Gasteiger partial charge in [-0.1, -0.05) is 13.0 Å². The molecule has 114 valence electrons. The predicted molar refractivity (Wildman–Crippen MR) is 80.6 cm³/mol. The van der Waals surface area contributed by atoms with Gasteiger partial charge < -0.3 is 5.32 Å². The van der Waals surface area contributed by atoms with Crippen LogP contribution in [0.1, 0.15) is 12.6 Å². The van der Waals surface area contributed by atoms with Crippen LogP contribution in [0, 0.1) is 6.92 Å². The molecule has 0 aliphatic rings. The van der Waals surface area contributed by atoms with Crippen molar-refractivity contribution in [1.82, 2.24) is 20.1 Å². The number of rotatable bonds is 7. The average molecular weight is 309 g/mol. The van der Waals surface area contributed by atoms with Crippen LogP contribution in [-0.2, 0) is 16.6 Å². The third-order valence-electron chi connectivity index (χ3n) is 2.81. The molecular formula is C13H19N5O2S. The molecule has 0 fully saturated rings. The molecule has 2 aromatic heterocycles. The Bertz CT molecular complexity index is 696. The lowest BCUT2D eigenvalue weighted by molar-refractivity contribution is 0.564. The van der Waals surface area contributed by atoms with E-state index in [0.717, 1.165) is 18.8 Å². The highest BCUT2D eigenvalue weighted by atomic mass is 32.2. The fraction of sp³-hybridized carbons (Fsp3) is 0.385. The molecule has 8 heteroatoms. The predicted octanol–water partition coefficient (Wildman–Crippen LogP) is 0.997. The molecule has 0 aliphatic carbocycles. The molecule has 0 aromatic carbocycles. The summed E-state index contributed by atoms with van der Waals surface area (Å²) in [6.45, 7) is 6.04. The fourth-order valence-electron chi connectivity index (χ4n) is 1.77. The standard InChI is InChI=1S/C13H19N5O2S/c1-3-14-7-8-18-10-12(9-15-18)21(19,20)17-13-6-4-5-11(2)16-13/h4-6,9-10,14H,3,7-8H2,1-2H3,(H,16,17). The van der Waals surface area contributed by atoms with Crippen molar-refractivity contribution in [1.29, 1.82) is 0 Å². The topological polar surface area (TPSA) is 88.9 Å². The van der Waals surface area contributed by atoms with E-state index in [0.29, 0.717) is 12.4 Å². The molecule has 0 bridgehead atoms. The van der Waals surface area contributed by atoms with Gasteiger partial charge >= 0.3 is 0 Å². The molecule has 0 radical (unpaired) electrons. The summed E-state index contributed by atoms with van der Waals surface area (Å²) in [6.07, 6.45) is 2.85. The largest absolute Gasteiger partial charge is 0.315 e. The van der Waals surface area contributed by atoms with Crippen LogP contribution in [0.25, 0.3) is 0 Å². The monoisotopic (exact) mass is 309 g/mol. The van der Waals surface area contributed by atoms with Gasteiger partial charge in [0.25, 0.3) is 10.0 Å². The molecule has 2 N–H and O–H groups in total. The summed E-state index contributed by atoms with van der Waals surface area (Å²) in [7, 11) is -3.66. The van der Waals surface area contributed by atoms with Gasteiger partial charge in [-0.2, -0.15) is 5.10 Å². The maximum atomic E-state index is 12.2. The first-order valence-electron chi connectivity index (χ1n) is 6.71. The van der Waals surface area contributed by atoms with E-state index in [1.807, 2.05) is 6.92 Å². The van der Waals surface area contributed by atoms with Gasteiger partial charge in [-0.15, -0.1) is 0 Å². The highest BCUT2D eigenvalue weighted by molar-refractivity contribution is 7.92. The van der Waals surface area contributed by atoms with Gasteiger partial charge in [0.15, 0.2) is 0 Å². The van der Waals surface area contributed by atoms with E-state index in [2.05, 4.69) is 20.1 Å². The Morgan fingerprint density at radius 3 is 2.86 bits per heavy atom. The van der Waals surface area contributed by atoms with E-state index < -0.39 is 10.0 Å². The van der Waals surface area contributed by atoms with Crippen LogP contribution in [-0.4, -0.2) is 36.3 Å². The van der Waals surface area contributed by atoms with E-state index in [9.17, 15) is 8.42 Å². The molecule has 0 unspecified atom stereocenters. The summed E-state index contributed by atoms with van der Waals surface area (Å²) in [5.41, 5.74) is 0.747. The summed E-state index contributed by atoms with van der Waals surface area (Å²) in [4.78, 5) is 4.25. The maximum absolute atomic E-state index is 12.2. The van der Waals surface area contributed by atoms with Crippen LogP contribution in [0.2, 0.25) is 0 Å². The van der Waals surface area contributed by atoms with Crippen molar-refractivity contribution >= 4 is 15.8 Å².